The van der Waals surface area contributed by atoms with Crippen molar-refractivity contribution in [1.82, 2.24) is 0 Å². The molecule has 0 radical (unpaired) electrons. The van der Waals surface area contributed by atoms with E-state index in [2.05, 4.69) is 0 Å². The third-order valence-corrected chi connectivity index (χ3v) is 0. The second-order valence-corrected chi connectivity index (χ2v) is 0.245. The molecule has 0 atom stereocenters. The van der Waals surface area contributed by atoms with Gasteiger partial charge < -0.3 is 4.89 Å². The van der Waals surface area contributed by atoms with Crippen LogP contribution in [0.2, 0.25) is 0 Å². The Morgan fingerprint density at radius 3 is 1.40 bits per heavy atom. The van der Waals surface area contributed by atoms with E-state index in [0.717, 1.165) is 0 Å². The average Bonchev–Trinajstić information content (AvgIpc) is 0.918. The van der Waals surface area contributed by atoms with Crippen molar-refractivity contribution in [2.45, 2.75) is 0 Å². The minimum absolute atomic E-state index is 0. The van der Waals surface area contributed by atoms with Crippen LogP contribution in [0.5, 0.6) is 0 Å². The van der Waals surface area contributed by atoms with Crippen LogP contribution in [0.3, 0.4) is 0 Å². The van der Waals surface area contributed by atoms with Crippen LogP contribution in [0.1, 0.15) is 0 Å². The summed E-state index contributed by atoms with van der Waals surface area (Å²) in [4.78, 5) is 6.99. The van der Waals surface area contributed by atoms with Crippen LogP contribution in [-0.4, -0.2) is 4.89 Å². The summed E-state index contributed by atoms with van der Waals surface area (Å²) in [5, 5.41) is 0. The molecule has 0 aliphatic carbocycles. The first-order chi connectivity index (χ1) is 1.41. The largest absolute Gasteiger partial charge is 0.324 e. The topological polar surface area (TPSA) is 37.3 Å². The van der Waals surface area contributed by atoms with Crippen molar-refractivity contribution in [1.29, 1.82) is 0 Å². The van der Waals surface area contributed by atoms with Crippen molar-refractivity contribution in [3.8, 4) is 0 Å². The van der Waals surface area contributed by atoms with Crippen LogP contribution >= 0.6 is 8.69 Å². The van der Waals surface area contributed by atoms with Gasteiger partial charge in [0.05, 0.1) is 0 Å². The predicted molar refractivity (Wildman–Crippen MR) is 9.83 cm³/mol. The second kappa shape index (κ2) is 19.4. The summed E-state index contributed by atoms with van der Waals surface area (Å²) in [7, 11) is -0.833. The van der Waals surface area contributed by atoms with Crippen molar-refractivity contribution < 1.29 is 43.6 Å². The van der Waals surface area contributed by atoms with Crippen molar-refractivity contribution in [3.63, 3.8) is 0 Å². The van der Waals surface area contributed by atoms with Gasteiger partial charge in [-0.3, -0.25) is 0 Å². The maximum Gasteiger partial charge on any atom is 0.324 e. The molecule has 2 nitrogen and oxygen atoms in total. The molecule has 0 rings (SSSR count). The monoisotopic (exact) mass is 176 g/mol. The number of rotatable bonds is 0. The molecule has 0 saturated heterocycles. The van der Waals surface area contributed by atoms with Crippen molar-refractivity contribution in [2.75, 3.05) is 0 Å². The fourth-order valence-corrected chi connectivity index (χ4v) is 0. The summed E-state index contributed by atoms with van der Waals surface area (Å²) < 4.78 is 8.46. The molecule has 0 spiro atoms. The molecule has 0 unspecified atom stereocenters. The van der Waals surface area contributed by atoms with E-state index in [1.54, 1.807) is 0 Å². The molecular formula is HFe2O2P. The van der Waals surface area contributed by atoms with Crippen LogP contribution in [0.25, 0.3) is 0 Å². The zero-order valence-electron chi connectivity index (χ0n) is 2.01. The zero-order valence-corrected chi connectivity index (χ0v) is 5.11. The van der Waals surface area contributed by atoms with Crippen molar-refractivity contribution >= 4 is 8.69 Å². The quantitative estimate of drug-likeness (QED) is 0.422. The zero-order chi connectivity index (χ0) is 2.71. The van der Waals surface area contributed by atoms with Crippen LogP contribution in [0, 0.1) is 0 Å². The van der Waals surface area contributed by atoms with Gasteiger partial charge in [-0.25, -0.2) is 4.57 Å². The Labute approximate surface area is 52.6 Å². The van der Waals surface area contributed by atoms with E-state index < -0.39 is 8.69 Å². The fourth-order valence-electron chi connectivity index (χ4n) is 0. The molecule has 0 aromatic carbocycles. The molecule has 0 amide bonds. The maximum absolute atomic E-state index is 8.46. The molecular weight excluding hydrogens is 175 g/mol. The normalized spacial score (nSPS) is 4.20. The Hall–Kier alpha value is 1.10. The van der Waals surface area contributed by atoms with Gasteiger partial charge in [-0.1, -0.05) is 0 Å². The van der Waals surface area contributed by atoms with Gasteiger partial charge in [0.15, 0.2) is 0 Å². The summed E-state index contributed by atoms with van der Waals surface area (Å²) in [5.74, 6) is 0. The van der Waals surface area contributed by atoms with E-state index in [9.17, 15) is 0 Å². The molecule has 5 heteroatoms. The smallest absolute Gasteiger partial charge is 0.310 e. The summed E-state index contributed by atoms with van der Waals surface area (Å²) in [6, 6.07) is 0. The first-order valence-electron chi connectivity index (χ1n) is 0.383. The SMILES string of the molecule is O=PO.[Fe].[Fe]. The van der Waals surface area contributed by atoms with E-state index in [-0.39, 0.29) is 34.1 Å². The number of hydrogen-bond acceptors (Lipinski definition) is 1. The Balaban J connectivity index is -0.0000000200. The molecule has 0 fully saturated rings. The molecule has 1 N–H and O–H groups in total. The van der Waals surface area contributed by atoms with Gasteiger partial charge >= 0.3 is 8.69 Å². The van der Waals surface area contributed by atoms with E-state index in [4.69, 9.17) is 9.46 Å². The minimum atomic E-state index is -0.833. The molecule has 5 heavy (non-hydrogen) atoms. The van der Waals surface area contributed by atoms with E-state index in [0.29, 0.717) is 0 Å². The first kappa shape index (κ1) is 16.5. The van der Waals surface area contributed by atoms with Crippen LogP contribution in [0.4, 0.5) is 0 Å². The summed E-state index contributed by atoms with van der Waals surface area (Å²) >= 11 is 0. The van der Waals surface area contributed by atoms with E-state index in [1.165, 1.54) is 0 Å². The fraction of sp³-hybridized carbons (Fsp3) is 0. The molecule has 0 aromatic rings. The third kappa shape index (κ3) is 40.5. The first-order valence-corrected chi connectivity index (χ1v) is 1.15. The Morgan fingerprint density at radius 2 is 1.40 bits per heavy atom. The molecule has 34 valence electrons. The van der Waals surface area contributed by atoms with Gasteiger partial charge in [-0.2, -0.15) is 0 Å². The Morgan fingerprint density at radius 1 is 1.40 bits per heavy atom. The standard InChI is InChI=1S/2Fe.HO2P/c;;1-3-2/h;;(H,1,2). The molecule has 0 saturated carbocycles. The van der Waals surface area contributed by atoms with Crippen molar-refractivity contribution in [2.24, 2.45) is 0 Å². The summed E-state index contributed by atoms with van der Waals surface area (Å²) in [5.41, 5.74) is 0. The van der Waals surface area contributed by atoms with Crippen LogP contribution < -0.4 is 0 Å². The summed E-state index contributed by atoms with van der Waals surface area (Å²) in [6.07, 6.45) is 0. The van der Waals surface area contributed by atoms with Crippen molar-refractivity contribution in [3.05, 3.63) is 0 Å². The van der Waals surface area contributed by atoms with Gasteiger partial charge in [0.2, 0.25) is 0 Å². The van der Waals surface area contributed by atoms with E-state index >= 15 is 0 Å². The molecule has 0 bridgehead atoms. The summed E-state index contributed by atoms with van der Waals surface area (Å²) in [6.45, 7) is 0. The van der Waals surface area contributed by atoms with Gasteiger partial charge in [0.1, 0.15) is 0 Å². The Kier molecular flexibility index (Phi) is 64.2. The second-order valence-electron chi connectivity index (χ2n) is 0.0816. The molecule has 0 aliphatic heterocycles. The maximum atomic E-state index is 8.46. The predicted octanol–water partition coefficient (Wildman–Crippen LogP) is 0.180. The molecule has 0 heterocycles. The Bertz CT molecular complexity index is 15.1. The van der Waals surface area contributed by atoms with E-state index in [1.807, 2.05) is 0 Å². The van der Waals surface area contributed by atoms with Gasteiger partial charge in [0, 0.05) is 34.1 Å². The molecule has 0 aliphatic rings. The van der Waals surface area contributed by atoms with Gasteiger partial charge in [-0.15, -0.1) is 0 Å². The third-order valence-electron chi connectivity index (χ3n) is 0. The molecule has 0 aromatic heterocycles. The van der Waals surface area contributed by atoms with Crippen LogP contribution in [-0.2, 0) is 38.7 Å². The number of hydrogen-bond donors (Lipinski definition) is 1. The van der Waals surface area contributed by atoms with Gasteiger partial charge in [-0.05, 0) is 0 Å². The average molecular weight is 176 g/mol. The minimum Gasteiger partial charge on any atom is -0.310 e. The van der Waals surface area contributed by atoms with Crippen LogP contribution in [0.15, 0.2) is 0 Å². The van der Waals surface area contributed by atoms with Gasteiger partial charge in [0.25, 0.3) is 0 Å².